The Morgan fingerprint density at radius 3 is 2.58 bits per heavy atom. The third-order valence-electron chi connectivity index (χ3n) is 3.11. The number of primary amides is 1. The smallest absolute Gasteiger partial charge is 0.328 e. The van der Waals surface area contributed by atoms with Gasteiger partial charge in [0.05, 0.1) is 0 Å². The fourth-order valence-electron chi connectivity index (χ4n) is 1.98. The van der Waals surface area contributed by atoms with Crippen LogP contribution in [-0.2, 0) is 14.3 Å². The maximum absolute atomic E-state index is 11.8. The number of anilines is 1. The van der Waals surface area contributed by atoms with Crippen LogP contribution in [-0.4, -0.2) is 49.8 Å². The second-order valence-corrected chi connectivity index (χ2v) is 5.20. The van der Waals surface area contributed by atoms with Crippen molar-refractivity contribution >= 4 is 29.6 Å². The predicted octanol–water partition coefficient (Wildman–Crippen LogP) is -0.294. The lowest BCUT2D eigenvalue weighted by Crippen LogP contribution is -2.44. The van der Waals surface area contributed by atoms with Gasteiger partial charge in [-0.3, -0.25) is 10.1 Å². The molecule has 140 valence electrons. The van der Waals surface area contributed by atoms with Crippen LogP contribution in [0.4, 0.5) is 15.3 Å². The van der Waals surface area contributed by atoms with Gasteiger partial charge >= 0.3 is 18.0 Å². The van der Waals surface area contributed by atoms with E-state index in [4.69, 9.17) is 15.2 Å². The number of urea groups is 2. The number of nitrogens with two attached hydrogens (primary N) is 1. The summed E-state index contributed by atoms with van der Waals surface area (Å²) in [7, 11) is 0. The fraction of sp³-hybridized carbons (Fsp3) is 0.333. The summed E-state index contributed by atoms with van der Waals surface area (Å²) < 4.78 is 15.4. The molecule has 0 saturated carbocycles. The molecule has 0 saturated heterocycles. The molecule has 1 atom stereocenters. The molecule has 1 aliphatic rings. The number of hydrogen-bond acceptors (Lipinski definition) is 7. The lowest BCUT2D eigenvalue weighted by atomic mass is 10.2. The quantitative estimate of drug-likeness (QED) is 0.521. The molecule has 1 aromatic rings. The summed E-state index contributed by atoms with van der Waals surface area (Å²) in [6.45, 7) is 1.48. The number of amides is 5. The van der Waals surface area contributed by atoms with Crippen LogP contribution < -0.4 is 31.2 Å². The summed E-state index contributed by atoms with van der Waals surface area (Å²) in [5, 5.41) is 6.53. The van der Waals surface area contributed by atoms with Crippen LogP contribution in [0.2, 0.25) is 0 Å². The van der Waals surface area contributed by atoms with Crippen molar-refractivity contribution in [3.8, 4) is 11.5 Å². The van der Waals surface area contributed by atoms with E-state index >= 15 is 0 Å². The molecule has 1 aliphatic heterocycles. The highest BCUT2D eigenvalue weighted by Gasteiger charge is 2.18. The number of carbonyl (C=O) groups excluding carboxylic acids is 4. The van der Waals surface area contributed by atoms with Crippen molar-refractivity contribution in [1.82, 2.24) is 10.6 Å². The van der Waals surface area contributed by atoms with Gasteiger partial charge in [0.15, 0.2) is 18.1 Å². The summed E-state index contributed by atoms with van der Waals surface area (Å²) >= 11 is 0. The number of benzene rings is 1. The highest BCUT2D eigenvalue weighted by atomic mass is 16.6. The summed E-state index contributed by atoms with van der Waals surface area (Å²) in [6.07, 6.45) is 0. The average molecular weight is 366 g/mol. The number of ether oxygens (including phenoxy) is 3. The second-order valence-electron chi connectivity index (χ2n) is 5.20. The molecular formula is C15H18N4O7. The van der Waals surface area contributed by atoms with E-state index in [-0.39, 0.29) is 0 Å². The molecule has 0 bridgehead atoms. The van der Waals surface area contributed by atoms with Crippen LogP contribution in [0.25, 0.3) is 0 Å². The van der Waals surface area contributed by atoms with Gasteiger partial charge in [0.2, 0.25) is 0 Å². The third-order valence-corrected chi connectivity index (χ3v) is 3.11. The standard InChI is InChI=1S/C15H18N4O7/c1-8(17-14(16)22)13(21)26-7-12(20)19-15(23)18-9-2-3-10-11(6-9)25-5-4-24-10/h2-3,6,8H,4-5,7H2,1H3,(H3,16,17,22)(H2,18,19,20,23)/t8-/m1/s1. The first-order valence-electron chi connectivity index (χ1n) is 7.58. The zero-order chi connectivity index (χ0) is 19.1. The van der Waals surface area contributed by atoms with Crippen molar-refractivity contribution in [2.45, 2.75) is 13.0 Å². The molecule has 0 spiro atoms. The number of esters is 1. The summed E-state index contributed by atoms with van der Waals surface area (Å²) in [4.78, 5) is 45.5. The van der Waals surface area contributed by atoms with Crippen LogP contribution in [0.3, 0.4) is 0 Å². The van der Waals surface area contributed by atoms with Crippen LogP contribution in [0.15, 0.2) is 18.2 Å². The molecule has 26 heavy (non-hydrogen) atoms. The van der Waals surface area contributed by atoms with Crippen LogP contribution in [0, 0.1) is 0 Å². The highest BCUT2D eigenvalue weighted by molar-refractivity contribution is 6.02. The van der Waals surface area contributed by atoms with Crippen molar-refractivity contribution in [2.75, 3.05) is 25.1 Å². The van der Waals surface area contributed by atoms with E-state index in [0.29, 0.717) is 30.4 Å². The Morgan fingerprint density at radius 1 is 1.19 bits per heavy atom. The molecule has 11 heteroatoms. The van der Waals surface area contributed by atoms with Crippen LogP contribution in [0.1, 0.15) is 6.92 Å². The Hall–Kier alpha value is -3.50. The first kappa shape index (κ1) is 18.8. The highest BCUT2D eigenvalue weighted by Crippen LogP contribution is 2.32. The first-order chi connectivity index (χ1) is 12.3. The Bertz CT molecular complexity index is 722. The Kier molecular flexibility index (Phi) is 6.20. The lowest BCUT2D eigenvalue weighted by Gasteiger charge is -2.19. The zero-order valence-corrected chi connectivity index (χ0v) is 13.9. The van der Waals surface area contributed by atoms with Crippen molar-refractivity contribution in [2.24, 2.45) is 5.73 Å². The van der Waals surface area contributed by atoms with Gasteiger partial charge in [-0.05, 0) is 19.1 Å². The van der Waals surface area contributed by atoms with Crippen molar-refractivity contribution in [3.05, 3.63) is 18.2 Å². The number of imide groups is 1. The summed E-state index contributed by atoms with van der Waals surface area (Å²) in [5.74, 6) is -0.681. The normalized spacial score (nSPS) is 13.1. The molecular weight excluding hydrogens is 348 g/mol. The summed E-state index contributed by atoms with van der Waals surface area (Å²) in [6, 6.07) is 2.02. The average Bonchev–Trinajstić information content (AvgIpc) is 2.58. The molecule has 0 aliphatic carbocycles. The maximum atomic E-state index is 11.8. The van der Waals surface area contributed by atoms with E-state index in [0.717, 1.165) is 0 Å². The molecule has 0 unspecified atom stereocenters. The van der Waals surface area contributed by atoms with Gasteiger partial charge in [-0.2, -0.15) is 0 Å². The van der Waals surface area contributed by atoms with Crippen LogP contribution in [0.5, 0.6) is 11.5 Å². The van der Waals surface area contributed by atoms with E-state index in [9.17, 15) is 19.2 Å². The monoisotopic (exact) mass is 366 g/mol. The van der Waals surface area contributed by atoms with Crippen LogP contribution >= 0.6 is 0 Å². The van der Waals surface area contributed by atoms with Gasteiger partial charge < -0.3 is 30.6 Å². The third kappa shape index (κ3) is 5.54. The predicted molar refractivity (Wildman–Crippen MR) is 87.7 cm³/mol. The van der Waals surface area contributed by atoms with Gasteiger partial charge in [0, 0.05) is 11.8 Å². The van der Waals surface area contributed by atoms with Gasteiger partial charge in [-0.1, -0.05) is 0 Å². The van der Waals surface area contributed by atoms with Gasteiger partial charge in [0.25, 0.3) is 5.91 Å². The van der Waals surface area contributed by atoms with E-state index in [1.54, 1.807) is 18.2 Å². The van der Waals surface area contributed by atoms with Crippen molar-refractivity contribution in [1.29, 1.82) is 0 Å². The molecule has 0 aromatic heterocycles. The van der Waals surface area contributed by atoms with E-state index in [1.165, 1.54) is 6.92 Å². The minimum Gasteiger partial charge on any atom is -0.486 e. The molecule has 0 radical (unpaired) electrons. The molecule has 5 N–H and O–H groups in total. The Morgan fingerprint density at radius 2 is 1.88 bits per heavy atom. The number of fused-ring (bicyclic) bond motifs is 1. The first-order valence-corrected chi connectivity index (χ1v) is 7.58. The topological polar surface area (TPSA) is 158 Å². The van der Waals surface area contributed by atoms with E-state index in [2.05, 4.69) is 15.4 Å². The number of nitrogens with one attached hydrogen (secondary N) is 3. The fourth-order valence-corrected chi connectivity index (χ4v) is 1.98. The van der Waals surface area contributed by atoms with E-state index in [1.807, 2.05) is 5.32 Å². The van der Waals surface area contributed by atoms with E-state index < -0.39 is 36.6 Å². The molecule has 11 nitrogen and oxygen atoms in total. The van der Waals surface area contributed by atoms with Gasteiger partial charge in [-0.15, -0.1) is 0 Å². The summed E-state index contributed by atoms with van der Waals surface area (Å²) in [5.41, 5.74) is 5.25. The number of carbonyl (C=O) groups is 4. The van der Waals surface area contributed by atoms with Gasteiger partial charge in [-0.25, -0.2) is 14.4 Å². The molecule has 5 amide bonds. The lowest BCUT2D eigenvalue weighted by molar-refractivity contribution is -0.149. The zero-order valence-electron chi connectivity index (χ0n) is 13.9. The second kappa shape index (κ2) is 8.55. The van der Waals surface area contributed by atoms with Crippen molar-refractivity contribution < 1.29 is 33.4 Å². The molecule has 0 fully saturated rings. The van der Waals surface area contributed by atoms with Crippen molar-refractivity contribution in [3.63, 3.8) is 0 Å². The minimum absolute atomic E-state index is 0.385. The number of hydrogen-bond donors (Lipinski definition) is 4. The SMILES string of the molecule is C[C@@H](NC(N)=O)C(=O)OCC(=O)NC(=O)Nc1ccc2c(c1)OCCO2. The minimum atomic E-state index is -1.02. The largest absolute Gasteiger partial charge is 0.486 e. The molecule has 1 aromatic carbocycles. The maximum Gasteiger partial charge on any atom is 0.328 e. The Labute approximate surface area is 148 Å². The molecule has 1 heterocycles. The number of rotatable bonds is 5. The Balaban J connectivity index is 1.77. The molecule has 2 rings (SSSR count). The van der Waals surface area contributed by atoms with Gasteiger partial charge in [0.1, 0.15) is 19.3 Å².